The van der Waals surface area contributed by atoms with E-state index in [-0.39, 0.29) is 11.9 Å². The molecule has 1 aromatic carbocycles. The smallest absolute Gasteiger partial charge is 0.244 e. The first kappa shape index (κ1) is 17.1. The van der Waals surface area contributed by atoms with Crippen LogP contribution in [0.25, 0.3) is 16.5 Å². The predicted octanol–water partition coefficient (Wildman–Crippen LogP) is 4.38. The summed E-state index contributed by atoms with van der Waals surface area (Å²) in [5.41, 5.74) is 3.71. The van der Waals surface area contributed by atoms with Crippen LogP contribution in [0.2, 0.25) is 0 Å². The van der Waals surface area contributed by atoms with Crippen LogP contribution in [0.3, 0.4) is 0 Å². The van der Waals surface area contributed by atoms with Gasteiger partial charge in [-0.15, -0.1) is 0 Å². The maximum Gasteiger partial charge on any atom is 0.244 e. The molecule has 4 heteroatoms. The number of carbonyl (C=O) groups excluding carboxylic acids is 1. The summed E-state index contributed by atoms with van der Waals surface area (Å²) in [6, 6.07) is 4.06. The van der Waals surface area contributed by atoms with Crippen LogP contribution in [0.1, 0.15) is 44.6 Å². The molecule has 0 spiro atoms. The summed E-state index contributed by atoms with van der Waals surface area (Å²) in [7, 11) is 0. The van der Waals surface area contributed by atoms with E-state index in [0.29, 0.717) is 6.61 Å². The second-order valence-corrected chi connectivity index (χ2v) is 6.05. The lowest BCUT2D eigenvalue weighted by Crippen LogP contribution is -2.28. The topological polar surface area (TPSA) is 51.5 Å². The summed E-state index contributed by atoms with van der Waals surface area (Å²) in [5.74, 6) is 1.54. The molecule has 0 fully saturated rings. The highest BCUT2D eigenvalue weighted by Gasteiger charge is 2.14. The number of aryl methyl sites for hydroxylation is 2. The number of benzene rings is 1. The molecule has 0 radical (unpaired) electrons. The standard InChI is InChI=1S/C19H25NO3/c1-7-22-17-10-18-16(13(5)14(6)23-18)9-15(17)12(4)8-19(21)20-11(2)3/h8-11H,7H2,1-6H3,(H,20,21)/b12-8+. The van der Waals surface area contributed by atoms with Crippen molar-refractivity contribution in [3.63, 3.8) is 0 Å². The Labute approximate surface area is 137 Å². The minimum Gasteiger partial charge on any atom is -0.493 e. The molecule has 1 aromatic heterocycles. The number of ether oxygens (including phenoxy) is 1. The van der Waals surface area contributed by atoms with Gasteiger partial charge in [0.15, 0.2) is 0 Å². The second-order valence-electron chi connectivity index (χ2n) is 6.05. The minimum absolute atomic E-state index is 0.0971. The molecular formula is C19H25NO3. The van der Waals surface area contributed by atoms with Crippen LogP contribution in [0.15, 0.2) is 22.6 Å². The molecule has 0 atom stereocenters. The van der Waals surface area contributed by atoms with Crippen molar-refractivity contribution in [2.75, 3.05) is 6.61 Å². The third-order valence-electron chi connectivity index (χ3n) is 3.78. The molecule has 124 valence electrons. The van der Waals surface area contributed by atoms with Crippen LogP contribution < -0.4 is 10.1 Å². The van der Waals surface area contributed by atoms with Crippen LogP contribution in [0.5, 0.6) is 5.75 Å². The third-order valence-corrected chi connectivity index (χ3v) is 3.78. The van der Waals surface area contributed by atoms with E-state index in [9.17, 15) is 4.79 Å². The molecule has 0 saturated carbocycles. The molecule has 23 heavy (non-hydrogen) atoms. The van der Waals surface area contributed by atoms with Crippen LogP contribution in [-0.4, -0.2) is 18.6 Å². The summed E-state index contributed by atoms with van der Waals surface area (Å²) < 4.78 is 11.5. The van der Waals surface area contributed by atoms with Crippen molar-refractivity contribution in [2.45, 2.75) is 47.6 Å². The van der Waals surface area contributed by atoms with Crippen LogP contribution >= 0.6 is 0 Å². The van der Waals surface area contributed by atoms with Crippen molar-refractivity contribution >= 4 is 22.4 Å². The SMILES string of the molecule is CCOc1cc2oc(C)c(C)c2cc1/C(C)=C/C(=O)NC(C)C. The number of fused-ring (bicyclic) bond motifs is 1. The summed E-state index contributed by atoms with van der Waals surface area (Å²) in [5, 5.41) is 3.93. The fourth-order valence-corrected chi connectivity index (χ4v) is 2.55. The average Bonchev–Trinajstić information content (AvgIpc) is 2.72. The van der Waals surface area contributed by atoms with E-state index in [1.807, 2.05) is 53.7 Å². The highest BCUT2D eigenvalue weighted by Crippen LogP contribution is 2.34. The van der Waals surface area contributed by atoms with Crippen LogP contribution in [0, 0.1) is 13.8 Å². The zero-order valence-corrected chi connectivity index (χ0v) is 14.7. The Hall–Kier alpha value is -2.23. The fraction of sp³-hybridized carbons (Fsp3) is 0.421. The van der Waals surface area contributed by atoms with Crippen molar-refractivity contribution in [3.05, 3.63) is 35.1 Å². The molecule has 2 rings (SSSR count). The van der Waals surface area contributed by atoms with E-state index in [2.05, 4.69) is 5.32 Å². The van der Waals surface area contributed by atoms with Crippen molar-refractivity contribution < 1.29 is 13.9 Å². The van der Waals surface area contributed by atoms with Gasteiger partial charge >= 0.3 is 0 Å². The van der Waals surface area contributed by atoms with Gasteiger partial charge in [0.25, 0.3) is 0 Å². The zero-order valence-electron chi connectivity index (χ0n) is 14.7. The van der Waals surface area contributed by atoms with E-state index in [4.69, 9.17) is 9.15 Å². The number of rotatable bonds is 5. The lowest BCUT2D eigenvalue weighted by Gasteiger charge is -2.12. The molecule has 0 aliphatic heterocycles. The Bertz CT molecular complexity index is 754. The maximum absolute atomic E-state index is 12.0. The van der Waals surface area contributed by atoms with Crippen LogP contribution in [-0.2, 0) is 4.79 Å². The Morgan fingerprint density at radius 2 is 2.04 bits per heavy atom. The van der Waals surface area contributed by atoms with E-state index < -0.39 is 0 Å². The molecule has 0 aliphatic carbocycles. The van der Waals surface area contributed by atoms with Crippen LogP contribution in [0.4, 0.5) is 0 Å². The Morgan fingerprint density at radius 3 is 2.65 bits per heavy atom. The summed E-state index contributed by atoms with van der Waals surface area (Å²) in [6.45, 7) is 12.3. The highest BCUT2D eigenvalue weighted by molar-refractivity contribution is 5.97. The monoisotopic (exact) mass is 315 g/mol. The van der Waals surface area contributed by atoms with Gasteiger partial charge in [0.05, 0.1) is 6.61 Å². The number of hydrogen-bond acceptors (Lipinski definition) is 3. The van der Waals surface area contributed by atoms with Crippen molar-refractivity contribution in [3.8, 4) is 5.75 Å². The molecule has 0 bridgehead atoms. The zero-order chi connectivity index (χ0) is 17.1. The molecule has 1 N–H and O–H groups in total. The normalized spacial score (nSPS) is 12.0. The van der Waals surface area contributed by atoms with Gasteiger partial charge in [-0.2, -0.15) is 0 Å². The van der Waals surface area contributed by atoms with Gasteiger partial charge < -0.3 is 14.5 Å². The predicted molar refractivity (Wildman–Crippen MR) is 93.8 cm³/mol. The molecule has 0 saturated heterocycles. The minimum atomic E-state index is -0.0971. The van der Waals surface area contributed by atoms with Gasteiger partial charge in [-0.25, -0.2) is 0 Å². The molecule has 0 aliphatic rings. The van der Waals surface area contributed by atoms with Gasteiger partial charge in [0.2, 0.25) is 5.91 Å². The first-order valence-corrected chi connectivity index (χ1v) is 7.99. The van der Waals surface area contributed by atoms with E-state index in [0.717, 1.165) is 39.2 Å². The quantitative estimate of drug-likeness (QED) is 0.833. The average molecular weight is 315 g/mol. The second kappa shape index (κ2) is 6.90. The van der Waals surface area contributed by atoms with Crippen molar-refractivity contribution in [2.24, 2.45) is 0 Å². The van der Waals surface area contributed by atoms with Gasteiger partial charge in [0.1, 0.15) is 17.1 Å². The highest BCUT2D eigenvalue weighted by atomic mass is 16.5. The molecular weight excluding hydrogens is 290 g/mol. The molecule has 4 nitrogen and oxygen atoms in total. The first-order valence-electron chi connectivity index (χ1n) is 7.99. The number of hydrogen-bond donors (Lipinski definition) is 1. The van der Waals surface area contributed by atoms with Gasteiger partial charge in [-0.3, -0.25) is 4.79 Å². The summed E-state index contributed by atoms with van der Waals surface area (Å²) >= 11 is 0. The van der Waals surface area contributed by atoms with Crippen molar-refractivity contribution in [1.82, 2.24) is 5.32 Å². The van der Waals surface area contributed by atoms with Crippen molar-refractivity contribution in [1.29, 1.82) is 0 Å². The lowest BCUT2D eigenvalue weighted by molar-refractivity contribution is -0.116. The van der Waals surface area contributed by atoms with Gasteiger partial charge in [-0.1, -0.05) is 0 Å². The summed E-state index contributed by atoms with van der Waals surface area (Å²) in [6.07, 6.45) is 1.62. The fourth-order valence-electron chi connectivity index (χ4n) is 2.55. The number of carbonyl (C=O) groups is 1. The Morgan fingerprint density at radius 1 is 1.35 bits per heavy atom. The summed E-state index contributed by atoms with van der Waals surface area (Å²) in [4.78, 5) is 12.0. The largest absolute Gasteiger partial charge is 0.493 e. The number of allylic oxidation sites excluding steroid dienone is 1. The van der Waals surface area contributed by atoms with Gasteiger partial charge in [-0.05, 0) is 58.7 Å². The van der Waals surface area contributed by atoms with Gasteiger partial charge in [0, 0.05) is 29.1 Å². The first-order chi connectivity index (χ1) is 10.8. The molecule has 1 heterocycles. The number of amides is 1. The Kier molecular flexibility index (Phi) is 5.14. The maximum atomic E-state index is 12.0. The van der Waals surface area contributed by atoms with E-state index in [1.165, 1.54) is 0 Å². The molecule has 0 unspecified atom stereocenters. The number of nitrogens with one attached hydrogen (secondary N) is 1. The number of furan rings is 1. The van der Waals surface area contributed by atoms with E-state index >= 15 is 0 Å². The molecule has 1 amide bonds. The lowest BCUT2D eigenvalue weighted by atomic mass is 10.0. The van der Waals surface area contributed by atoms with E-state index in [1.54, 1.807) is 6.08 Å². The Balaban J connectivity index is 2.52. The third kappa shape index (κ3) is 3.76. The molecule has 2 aromatic rings.